The molecule has 9 heteroatoms. The molecule has 0 saturated carbocycles. The van der Waals surface area contributed by atoms with Crippen molar-refractivity contribution in [1.82, 2.24) is 9.62 Å². The van der Waals surface area contributed by atoms with Crippen LogP contribution >= 0.6 is 0 Å². The van der Waals surface area contributed by atoms with Crippen molar-refractivity contribution in [2.75, 3.05) is 38.2 Å². The van der Waals surface area contributed by atoms with Gasteiger partial charge in [-0.3, -0.25) is 9.69 Å². The van der Waals surface area contributed by atoms with Gasteiger partial charge in [-0.15, -0.1) is 0 Å². The Morgan fingerprint density at radius 2 is 1.72 bits per heavy atom. The van der Waals surface area contributed by atoms with E-state index in [4.69, 9.17) is 4.74 Å². The topological polar surface area (TPSA) is 87.7 Å². The molecule has 0 aliphatic carbocycles. The van der Waals surface area contributed by atoms with E-state index < -0.39 is 10.0 Å². The van der Waals surface area contributed by atoms with Crippen LogP contribution in [0.3, 0.4) is 0 Å². The Morgan fingerprint density at radius 3 is 2.31 bits per heavy atom. The maximum absolute atomic E-state index is 13.3. The number of benzene rings is 2. The summed E-state index contributed by atoms with van der Waals surface area (Å²) < 4.78 is 46.8. The summed E-state index contributed by atoms with van der Waals surface area (Å²) in [7, 11) is -3.75. The smallest absolute Gasteiger partial charge is 0.240 e. The molecule has 0 spiro atoms. The Hall–Kier alpha value is -2.33. The lowest BCUT2D eigenvalue weighted by atomic mass is 10.0. The molecule has 0 bridgehead atoms. The molecule has 1 fully saturated rings. The van der Waals surface area contributed by atoms with Gasteiger partial charge in [0.2, 0.25) is 15.9 Å². The SMILES string of the molecule is CC(=O)Nc1ccc(S(=O)(=O)NCC(c2ccc(F)cc2)N2CCOCC2)cc1. The second-order valence-corrected chi connectivity index (χ2v) is 8.54. The first-order valence-corrected chi connectivity index (χ1v) is 10.8. The first-order valence-electron chi connectivity index (χ1n) is 9.30. The fraction of sp³-hybridized carbons (Fsp3) is 0.350. The molecular formula is C20H24FN3O4S. The van der Waals surface area contributed by atoms with Crippen molar-refractivity contribution >= 4 is 21.6 Å². The number of rotatable bonds is 7. The minimum absolute atomic E-state index is 0.103. The number of amides is 1. The summed E-state index contributed by atoms with van der Waals surface area (Å²) in [6, 6.07) is 11.8. The highest BCUT2D eigenvalue weighted by atomic mass is 32.2. The van der Waals surface area contributed by atoms with E-state index in [0.717, 1.165) is 5.56 Å². The van der Waals surface area contributed by atoms with Crippen molar-refractivity contribution in [3.05, 3.63) is 59.9 Å². The van der Waals surface area contributed by atoms with Crippen molar-refractivity contribution in [2.24, 2.45) is 0 Å². The Morgan fingerprint density at radius 1 is 1.10 bits per heavy atom. The predicted octanol–water partition coefficient (Wildman–Crippen LogP) is 2.14. The molecular weight excluding hydrogens is 397 g/mol. The van der Waals surface area contributed by atoms with Crippen molar-refractivity contribution in [3.63, 3.8) is 0 Å². The Bertz CT molecular complexity index is 927. The summed E-state index contributed by atoms with van der Waals surface area (Å²) in [5, 5.41) is 2.60. The predicted molar refractivity (Wildman–Crippen MR) is 107 cm³/mol. The van der Waals surface area contributed by atoms with Gasteiger partial charge in [0, 0.05) is 38.3 Å². The molecule has 29 heavy (non-hydrogen) atoms. The van der Waals surface area contributed by atoms with Crippen molar-refractivity contribution in [1.29, 1.82) is 0 Å². The van der Waals surface area contributed by atoms with Crippen LogP contribution in [0.1, 0.15) is 18.5 Å². The van der Waals surface area contributed by atoms with E-state index >= 15 is 0 Å². The molecule has 1 saturated heterocycles. The molecule has 1 heterocycles. The number of carbonyl (C=O) groups excluding carboxylic acids is 1. The average Bonchev–Trinajstić information content (AvgIpc) is 2.70. The van der Waals surface area contributed by atoms with Crippen LogP contribution in [-0.2, 0) is 19.6 Å². The number of carbonyl (C=O) groups is 1. The van der Waals surface area contributed by atoms with Gasteiger partial charge >= 0.3 is 0 Å². The van der Waals surface area contributed by atoms with E-state index in [1.807, 2.05) is 0 Å². The summed E-state index contributed by atoms with van der Waals surface area (Å²) in [5.74, 6) is -0.569. The molecule has 1 aliphatic heterocycles. The highest BCUT2D eigenvalue weighted by molar-refractivity contribution is 7.89. The average molecular weight is 421 g/mol. The minimum atomic E-state index is -3.75. The molecule has 1 aliphatic rings. The molecule has 0 radical (unpaired) electrons. The van der Waals surface area contributed by atoms with Gasteiger partial charge in [0.1, 0.15) is 5.82 Å². The van der Waals surface area contributed by atoms with Gasteiger partial charge in [-0.05, 0) is 42.0 Å². The largest absolute Gasteiger partial charge is 0.379 e. The quantitative estimate of drug-likeness (QED) is 0.715. The third-order valence-corrected chi connectivity index (χ3v) is 6.13. The number of hydrogen-bond donors (Lipinski definition) is 2. The van der Waals surface area contributed by atoms with Crippen molar-refractivity contribution in [3.8, 4) is 0 Å². The number of anilines is 1. The van der Waals surface area contributed by atoms with Crippen LogP contribution in [0.25, 0.3) is 0 Å². The molecule has 1 amide bonds. The number of morpholine rings is 1. The maximum atomic E-state index is 13.3. The Balaban J connectivity index is 1.75. The molecule has 1 atom stereocenters. The number of hydrogen-bond acceptors (Lipinski definition) is 5. The first kappa shape index (κ1) is 21.4. The first-order chi connectivity index (χ1) is 13.8. The summed E-state index contributed by atoms with van der Waals surface area (Å²) in [6.45, 7) is 3.98. The van der Waals surface area contributed by atoms with E-state index in [1.165, 1.54) is 43.3 Å². The van der Waals surface area contributed by atoms with Crippen LogP contribution in [0.4, 0.5) is 10.1 Å². The van der Waals surface area contributed by atoms with Gasteiger partial charge in [-0.2, -0.15) is 0 Å². The zero-order valence-corrected chi connectivity index (χ0v) is 16.9. The number of ether oxygens (including phenoxy) is 1. The molecule has 2 N–H and O–H groups in total. The lowest BCUT2D eigenvalue weighted by Crippen LogP contribution is -2.43. The normalized spacial score (nSPS) is 16.3. The third kappa shape index (κ3) is 5.83. The number of nitrogens with zero attached hydrogens (tertiary/aromatic N) is 1. The van der Waals surface area contributed by atoms with Crippen molar-refractivity contribution in [2.45, 2.75) is 17.9 Å². The van der Waals surface area contributed by atoms with E-state index in [0.29, 0.717) is 32.0 Å². The Labute approximate surface area is 169 Å². The van der Waals surface area contributed by atoms with E-state index in [9.17, 15) is 17.6 Å². The van der Waals surface area contributed by atoms with Crippen LogP contribution in [0.5, 0.6) is 0 Å². The number of halogens is 1. The van der Waals surface area contributed by atoms with Gasteiger partial charge in [-0.1, -0.05) is 12.1 Å². The van der Waals surface area contributed by atoms with Crippen LogP contribution in [-0.4, -0.2) is 52.1 Å². The number of sulfonamides is 1. The third-order valence-electron chi connectivity index (χ3n) is 4.69. The van der Waals surface area contributed by atoms with Crippen LogP contribution in [0.2, 0.25) is 0 Å². The molecule has 2 aromatic carbocycles. The van der Waals surface area contributed by atoms with Crippen LogP contribution < -0.4 is 10.0 Å². The van der Waals surface area contributed by atoms with Gasteiger partial charge in [0.05, 0.1) is 18.1 Å². The second-order valence-electron chi connectivity index (χ2n) is 6.77. The van der Waals surface area contributed by atoms with Gasteiger partial charge in [0.25, 0.3) is 0 Å². The van der Waals surface area contributed by atoms with Gasteiger partial charge in [0.15, 0.2) is 0 Å². The monoisotopic (exact) mass is 421 g/mol. The summed E-state index contributed by atoms with van der Waals surface area (Å²) in [5.41, 5.74) is 1.35. The maximum Gasteiger partial charge on any atom is 0.240 e. The van der Waals surface area contributed by atoms with Crippen LogP contribution in [0.15, 0.2) is 53.4 Å². The molecule has 1 unspecified atom stereocenters. The summed E-state index contributed by atoms with van der Waals surface area (Å²) in [4.78, 5) is 13.3. The van der Waals surface area contributed by atoms with E-state index in [1.54, 1.807) is 12.1 Å². The molecule has 7 nitrogen and oxygen atoms in total. The highest BCUT2D eigenvalue weighted by Gasteiger charge is 2.25. The minimum Gasteiger partial charge on any atom is -0.379 e. The number of nitrogens with one attached hydrogen (secondary N) is 2. The fourth-order valence-electron chi connectivity index (χ4n) is 3.22. The van der Waals surface area contributed by atoms with Crippen LogP contribution in [0, 0.1) is 5.82 Å². The second kappa shape index (κ2) is 9.45. The zero-order valence-electron chi connectivity index (χ0n) is 16.1. The molecule has 156 valence electrons. The van der Waals surface area contributed by atoms with Crippen molar-refractivity contribution < 1.29 is 22.3 Å². The molecule has 0 aromatic heterocycles. The fourth-order valence-corrected chi connectivity index (χ4v) is 4.26. The van der Waals surface area contributed by atoms with Gasteiger partial charge in [-0.25, -0.2) is 17.5 Å². The standard InChI is InChI=1S/C20H24FN3O4S/c1-15(25)23-18-6-8-19(9-7-18)29(26,27)22-14-20(24-10-12-28-13-11-24)16-2-4-17(21)5-3-16/h2-9,20,22H,10-14H2,1H3,(H,23,25). The molecule has 3 rings (SSSR count). The summed E-state index contributed by atoms with van der Waals surface area (Å²) >= 11 is 0. The van der Waals surface area contributed by atoms with Gasteiger partial charge < -0.3 is 10.1 Å². The zero-order chi connectivity index (χ0) is 20.9. The molecule has 2 aromatic rings. The van der Waals surface area contributed by atoms with E-state index in [2.05, 4.69) is 14.9 Å². The lowest BCUT2D eigenvalue weighted by molar-refractivity contribution is -0.114. The lowest BCUT2D eigenvalue weighted by Gasteiger charge is -2.34. The van der Waals surface area contributed by atoms with E-state index in [-0.39, 0.29) is 29.2 Å². The Kier molecular flexibility index (Phi) is 6.96. The summed E-state index contributed by atoms with van der Waals surface area (Å²) in [6.07, 6.45) is 0. The highest BCUT2D eigenvalue weighted by Crippen LogP contribution is 2.23.